The molecule has 0 radical (unpaired) electrons. The number of nitrogens with zero attached hydrogens (tertiary/aromatic N) is 1. The summed E-state index contributed by atoms with van der Waals surface area (Å²) in [7, 11) is 0. The van der Waals surface area contributed by atoms with Gasteiger partial charge in [-0.2, -0.15) is 0 Å². The minimum absolute atomic E-state index is 0.0453. The summed E-state index contributed by atoms with van der Waals surface area (Å²) in [6, 6.07) is 18.0. The number of amides is 1. The number of aliphatic imine (C=N–C) groups is 1. The highest BCUT2D eigenvalue weighted by Crippen LogP contribution is 2.19. The molecule has 9 N–H and O–H groups in total. The summed E-state index contributed by atoms with van der Waals surface area (Å²) in [5.41, 5.74) is 25.8. The molecule has 2 atom stereocenters. The molecule has 0 saturated carbocycles. The van der Waals surface area contributed by atoms with Gasteiger partial charge >= 0.3 is 0 Å². The molecule has 0 saturated heterocycles. The lowest BCUT2D eigenvalue weighted by molar-refractivity contribution is -0.120. The molecule has 28 heavy (non-hydrogen) atoms. The van der Waals surface area contributed by atoms with E-state index in [0.717, 1.165) is 5.56 Å². The molecule has 7 heteroatoms. The molecule has 2 unspecified atom stereocenters. The Morgan fingerprint density at radius 3 is 2.21 bits per heavy atom. The number of nitrogens with two attached hydrogens (primary N) is 4. The maximum Gasteiger partial charge on any atom is 0.234 e. The molecule has 0 bridgehead atoms. The molecular weight excluding hydrogens is 352 g/mol. The SMILES string of the molecule is NC(=O)C(CCCN=C(N)N)NCC(N)Cc1ccc(-c2ccccc2)cc1. The second-order valence-corrected chi connectivity index (χ2v) is 6.84. The monoisotopic (exact) mass is 382 g/mol. The Kier molecular flexibility index (Phi) is 8.45. The molecule has 0 aromatic heterocycles. The molecule has 0 heterocycles. The Balaban J connectivity index is 1.81. The smallest absolute Gasteiger partial charge is 0.234 e. The first-order chi connectivity index (χ1) is 13.5. The lowest BCUT2D eigenvalue weighted by atomic mass is 10.0. The Hall–Kier alpha value is -2.90. The summed E-state index contributed by atoms with van der Waals surface area (Å²) in [6.07, 6.45) is 1.93. The number of rotatable bonds is 11. The summed E-state index contributed by atoms with van der Waals surface area (Å²) in [4.78, 5) is 15.5. The van der Waals surface area contributed by atoms with Crippen LogP contribution in [0.3, 0.4) is 0 Å². The summed E-state index contributed by atoms with van der Waals surface area (Å²) < 4.78 is 0. The van der Waals surface area contributed by atoms with Crippen LogP contribution in [0.1, 0.15) is 18.4 Å². The fraction of sp³-hybridized carbons (Fsp3) is 0.333. The van der Waals surface area contributed by atoms with Gasteiger partial charge in [-0.25, -0.2) is 0 Å². The first-order valence-electron chi connectivity index (χ1n) is 9.43. The summed E-state index contributed by atoms with van der Waals surface area (Å²) in [5, 5.41) is 3.15. The van der Waals surface area contributed by atoms with Gasteiger partial charge in [0.25, 0.3) is 0 Å². The summed E-state index contributed by atoms with van der Waals surface area (Å²) in [6.45, 7) is 0.962. The molecule has 2 aromatic carbocycles. The number of benzene rings is 2. The highest BCUT2D eigenvalue weighted by Gasteiger charge is 2.15. The number of carbonyl (C=O) groups is 1. The van der Waals surface area contributed by atoms with E-state index in [1.54, 1.807) is 0 Å². The molecule has 0 aliphatic carbocycles. The highest BCUT2D eigenvalue weighted by molar-refractivity contribution is 5.79. The quantitative estimate of drug-likeness (QED) is 0.221. The van der Waals surface area contributed by atoms with E-state index in [1.807, 2.05) is 18.2 Å². The van der Waals surface area contributed by atoms with Crippen LogP contribution in [0.15, 0.2) is 59.6 Å². The lowest BCUT2D eigenvalue weighted by Crippen LogP contribution is -2.46. The van der Waals surface area contributed by atoms with Crippen LogP contribution in [0.25, 0.3) is 11.1 Å². The van der Waals surface area contributed by atoms with Crippen LogP contribution in [0, 0.1) is 0 Å². The van der Waals surface area contributed by atoms with E-state index in [2.05, 4.69) is 46.7 Å². The van der Waals surface area contributed by atoms with Crippen LogP contribution < -0.4 is 28.3 Å². The average molecular weight is 383 g/mol. The standard InChI is InChI=1S/C21H30N6O/c22-18(14-27-19(20(23)28)7-4-12-26-21(24)25)13-15-8-10-17(11-9-15)16-5-2-1-3-6-16/h1-3,5-6,8-11,18-19,27H,4,7,12-14,22H2,(H2,23,28)(H4,24,25,26). The topological polar surface area (TPSA) is 146 Å². The van der Waals surface area contributed by atoms with E-state index < -0.39 is 11.9 Å². The first kappa shape index (κ1) is 21.4. The van der Waals surface area contributed by atoms with Crippen LogP contribution in [-0.2, 0) is 11.2 Å². The van der Waals surface area contributed by atoms with Crippen molar-refractivity contribution in [1.29, 1.82) is 0 Å². The van der Waals surface area contributed by atoms with E-state index in [9.17, 15) is 4.79 Å². The highest BCUT2D eigenvalue weighted by atomic mass is 16.1. The van der Waals surface area contributed by atoms with E-state index >= 15 is 0 Å². The Morgan fingerprint density at radius 2 is 1.61 bits per heavy atom. The Morgan fingerprint density at radius 1 is 0.964 bits per heavy atom. The fourth-order valence-corrected chi connectivity index (χ4v) is 2.98. The number of nitrogens with one attached hydrogen (secondary N) is 1. The predicted octanol–water partition coefficient (Wildman–Crippen LogP) is 0.721. The molecule has 0 aliphatic heterocycles. The molecule has 0 fully saturated rings. The molecule has 0 spiro atoms. The maximum absolute atomic E-state index is 11.6. The van der Waals surface area contributed by atoms with Crippen molar-refractivity contribution in [3.05, 3.63) is 60.2 Å². The van der Waals surface area contributed by atoms with Crippen LogP contribution in [0.2, 0.25) is 0 Å². The molecule has 1 amide bonds. The van der Waals surface area contributed by atoms with E-state index in [0.29, 0.717) is 32.4 Å². The van der Waals surface area contributed by atoms with Gasteiger partial charge in [0, 0.05) is 19.1 Å². The van der Waals surface area contributed by atoms with Crippen molar-refractivity contribution in [2.45, 2.75) is 31.3 Å². The van der Waals surface area contributed by atoms with Gasteiger partial charge < -0.3 is 28.3 Å². The molecule has 2 aromatic rings. The lowest BCUT2D eigenvalue weighted by Gasteiger charge is -2.19. The largest absolute Gasteiger partial charge is 0.370 e. The van der Waals surface area contributed by atoms with Crippen LogP contribution in [0.5, 0.6) is 0 Å². The van der Waals surface area contributed by atoms with Crippen molar-refractivity contribution < 1.29 is 4.79 Å². The third kappa shape index (κ3) is 7.38. The third-order valence-corrected chi connectivity index (χ3v) is 4.47. The normalized spacial score (nSPS) is 12.9. The maximum atomic E-state index is 11.6. The van der Waals surface area contributed by atoms with Crippen molar-refractivity contribution >= 4 is 11.9 Å². The molecule has 2 rings (SSSR count). The number of hydrogen-bond acceptors (Lipinski definition) is 4. The van der Waals surface area contributed by atoms with Crippen LogP contribution in [-0.4, -0.2) is 37.0 Å². The minimum atomic E-state index is -0.444. The van der Waals surface area contributed by atoms with Crippen molar-refractivity contribution in [2.75, 3.05) is 13.1 Å². The number of guanidine groups is 1. The zero-order valence-electron chi connectivity index (χ0n) is 16.1. The number of carbonyl (C=O) groups excluding carboxylic acids is 1. The summed E-state index contributed by atoms with van der Waals surface area (Å²) in [5.74, 6) is -0.354. The van der Waals surface area contributed by atoms with Gasteiger partial charge in [0.05, 0.1) is 6.04 Å². The number of primary amides is 1. The van der Waals surface area contributed by atoms with Gasteiger partial charge in [-0.3, -0.25) is 9.79 Å². The zero-order valence-corrected chi connectivity index (χ0v) is 16.1. The molecule has 150 valence electrons. The van der Waals surface area contributed by atoms with Gasteiger partial charge in [0.1, 0.15) is 0 Å². The van der Waals surface area contributed by atoms with E-state index in [4.69, 9.17) is 22.9 Å². The van der Waals surface area contributed by atoms with Gasteiger partial charge in [0.15, 0.2) is 5.96 Å². The number of hydrogen-bond donors (Lipinski definition) is 5. The average Bonchev–Trinajstić information content (AvgIpc) is 2.68. The van der Waals surface area contributed by atoms with Crippen molar-refractivity contribution in [2.24, 2.45) is 27.9 Å². The second kappa shape index (κ2) is 11.1. The predicted molar refractivity (Wildman–Crippen MR) is 114 cm³/mol. The van der Waals surface area contributed by atoms with Gasteiger partial charge in [-0.05, 0) is 36.0 Å². The zero-order chi connectivity index (χ0) is 20.4. The van der Waals surface area contributed by atoms with E-state index in [-0.39, 0.29) is 12.0 Å². The van der Waals surface area contributed by atoms with Crippen LogP contribution >= 0.6 is 0 Å². The third-order valence-electron chi connectivity index (χ3n) is 4.47. The Bertz CT molecular complexity index is 756. The van der Waals surface area contributed by atoms with Gasteiger partial charge in [0.2, 0.25) is 5.91 Å². The first-order valence-corrected chi connectivity index (χ1v) is 9.43. The Labute approximate surface area is 166 Å². The van der Waals surface area contributed by atoms with Gasteiger partial charge in [-0.1, -0.05) is 54.6 Å². The van der Waals surface area contributed by atoms with Crippen molar-refractivity contribution in [3.8, 4) is 11.1 Å². The minimum Gasteiger partial charge on any atom is -0.370 e. The molecule has 0 aliphatic rings. The molecular formula is C21H30N6O. The molecule has 7 nitrogen and oxygen atoms in total. The van der Waals surface area contributed by atoms with Crippen LogP contribution in [0.4, 0.5) is 0 Å². The summed E-state index contributed by atoms with van der Waals surface area (Å²) >= 11 is 0. The van der Waals surface area contributed by atoms with E-state index in [1.165, 1.54) is 11.1 Å². The van der Waals surface area contributed by atoms with Gasteiger partial charge in [-0.15, -0.1) is 0 Å². The second-order valence-electron chi connectivity index (χ2n) is 6.84. The van der Waals surface area contributed by atoms with Crippen molar-refractivity contribution in [3.63, 3.8) is 0 Å². The van der Waals surface area contributed by atoms with Crippen molar-refractivity contribution in [1.82, 2.24) is 5.32 Å². The fourth-order valence-electron chi connectivity index (χ4n) is 2.98.